The summed E-state index contributed by atoms with van der Waals surface area (Å²) in [7, 11) is 1.37. The normalized spacial score (nSPS) is 25.1. The average molecular weight is 753 g/mol. The van der Waals surface area contributed by atoms with Crippen molar-refractivity contribution >= 4 is 40.4 Å². The van der Waals surface area contributed by atoms with Crippen molar-refractivity contribution in [1.82, 2.24) is 20.2 Å². The molecule has 7 atom stereocenters. The Bertz CT molecular complexity index is 2090. The fourth-order valence-corrected chi connectivity index (χ4v) is 9.94. The number of carbonyl (C=O) groups excluding carboxylic acids is 3. The molecule has 3 aliphatic heterocycles. The molecule has 2 aromatic carbocycles. The molecule has 290 valence electrons. The van der Waals surface area contributed by atoms with Crippen LogP contribution in [0.3, 0.4) is 0 Å². The van der Waals surface area contributed by atoms with E-state index in [1.165, 1.54) is 19.1 Å². The number of aromatic nitrogens is 2. The molecule has 10 nitrogen and oxygen atoms in total. The lowest BCUT2D eigenvalue weighted by atomic mass is 9.74. The summed E-state index contributed by atoms with van der Waals surface area (Å²) in [5.74, 6) is 0.487. The first kappa shape index (κ1) is 37.7. The van der Waals surface area contributed by atoms with Gasteiger partial charge < -0.3 is 15.0 Å². The largest absolute Gasteiger partial charge is 0.469 e. The van der Waals surface area contributed by atoms with E-state index in [-0.39, 0.29) is 54.0 Å². The van der Waals surface area contributed by atoms with Crippen LogP contribution in [0.25, 0.3) is 22.3 Å². The van der Waals surface area contributed by atoms with E-state index in [4.69, 9.17) is 14.7 Å². The number of nitrogens with zero attached hydrogens (tertiary/aromatic N) is 5. The molecule has 56 heavy (non-hydrogen) atoms. The van der Waals surface area contributed by atoms with Crippen LogP contribution < -0.4 is 5.32 Å². The maximum Gasteiger partial charge on any atom is 0.306 e. The van der Waals surface area contributed by atoms with Gasteiger partial charge in [-0.05, 0) is 90.2 Å². The van der Waals surface area contributed by atoms with E-state index in [9.17, 15) is 14.4 Å². The number of amides is 2. The van der Waals surface area contributed by atoms with E-state index >= 15 is 0 Å². The van der Waals surface area contributed by atoms with Gasteiger partial charge in [-0.15, -0.1) is 0 Å². The first-order valence-electron chi connectivity index (χ1n) is 20.3. The highest BCUT2D eigenvalue weighted by atomic mass is 16.5. The minimum absolute atomic E-state index is 0.0242. The molecule has 3 fully saturated rings. The maximum atomic E-state index is 13.7. The Kier molecular flexibility index (Phi) is 10.8. The summed E-state index contributed by atoms with van der Waals surface area (Å²) in [6.07, 6.45) is 15.8. The Balaban J connectivity index is 0.867. The molecular formula is C46H52N6O4. The van der Waals surface area contributed by atoms with Gasteiger partial charge in [-0.1, -0.05) is 62.4 Å². The number of methoxy groups -OCH3 is 1. The summed E-state index contributed by atoms with van der Waals surface area (Å²) < 4.78 is 4.89. The fourth-order valence-electron chi connectivity index (χ4n) is 9.94. The molecule has 2 bridgehead atoms. The Hall–Kier alpha value is -5.25. The lowest BCUT2D eigenvalue weighted by Crippen LogP contribution is -2.45. The average Bonchev–Trinajstić information content (AvgIpc) is 4.08. The molecule has 1 N–H and O–H groups in total. The van der Waals surface area contributed by atoms with Crippen LogP contribution in [0.1, 0.15) is 95.0 Å². The number of fused-ring (bicyclic) bond motifs is 2. The zero-order chi connectivity index (χ0) is 38.9. The molecule has 0 unspecified atom stereocenters. The smallest absolute Gasteiger partial charge is 0.306 e. The highest BCUT2D eigenvalue weighted by Gasteiger charge is 2.53. The molecule has 3 aromatic rings. The zero-order valence-electron chi connectivity index (χ0n) is 32.9. The Morgan fingerprint density at radius 1 is 0.821 bits per heavy atom. The number of ether oxygens (including phenoxy) is 1. The molecule has 2 aliphatic carbocycles. The van der Waals surface area contributed by atoms with Crippen LogP contribution in [-0.4, -0.2) is 63.8 Å². The number of aliphatic imine (C=N–C) groups is 2. The Labute approximate surface area is 329 Å². The minimum Gasteiger partial charge on any atom is -0.469 e. The highest BCUT2D eigenvalue weighted by molar-refractivity contribution is 6.04. The third-order valence-corrected chi connectivity index (χ3v) is 13.0. The second-order valence-corrected chi connectivity index (χ2v) is 16.6. The number of hydrogen-bond acceptors (Lipinski definition) is 8. The van der Waals surface area contributed by atoms with Crippen molar-refractivity contribution < 1.29 is 19.1 Å². The number of benzene rings is 2. The zero-order valence-corrected chi connectivity index (χ0v) is 32.9. The van der Waals surface area contributed by atoms with E-state index in [2.05, 4.69) is 63.8 Å². The predicted octanol–water partition coefficient (Wildman–Crippen LogP) is 7.88. The van der Waals surface area contributed by atoms with Gasteiger partial charge in [0.25, 0.3) is 0 Å². The second-order valence-electron chi connectivity index (χ2n) is 16.6. The van der Waals surface area contributed by atoms with Crippen LogP contribution in [-0.2, 0) is 19.1 Å². The number of nitrogens with one attached hydrogen (secondary N) is 1. The SMILES string of the molecule is COC(=O)C[C@H](C(=O)N1CCC[C@H]1C1=NC=C(c2ccc(-c3ccc(C4=CN=C([C@@H]5[C@H]6CC[C@H](C6)[C@H]5C(=O)N[C@H](C)c5cnccn5)C4)cc3)cc2)C1)C(C)C. The topological polar surface area (TPSA) is 126 Å². The van der Waals surface area contributed by atoms with E-state index < -0.39 is 5.92 Å². The van der Waals surface area contributed by atoms with Gasteiger partial charge in [0, 0.05) is 67.4 Å². The maximum absolute atomic E-state index is 13.7. The molecule has 1 aromatic heterocycles. The van der Waals surface area contributed by atoms with Crippen molar-refractivity contribution in [2.45, 2.75) is 84.2 Å². The summed E-state index contributed by atoms with van der Waals surface area (Å²) in [5, 5.41) is 3.24. The van der Waals surface area contributed by atoms with E-state index in [0.717, 1.165) is 77.0 Å². The molecule has 1 saturated heterocycles. The van der Waals surface area contributed by atoms with Crippen LogP contribution in [0.15, 0.2) is 89.5 Å². The Morgan fingerprint density at radius 3 is 2.07 bits per heavy atom. The van der Waals surface area contributed by atoms with Crippen molar-refractivity contribution in [3.63, 3.8) is 0 Å². The summed E-state index contributed by atoms with van der Waals surface area (Å²) in [4.78, 5) is 59.7. The van der Waals surface area contributed by atoms with Crippen LogP contribution in [0.5, 0.6) is 0 Å². The summed E-state index contributed by atoms with van der Waals surface area (Å²) in [5.41, 5.74) is 9.87. The van der Waals surface area contributed by atoms with Crippen molar-refractivity contribution in [1.29, 1.82) is 0 Å². The lowest BCUT2D eigenvalue weighted by molar-refractivity contribution is -0.148. The van der Waals surface area contributed by atoms with Gasteiger partial charge in [-0.3, -0.25) is 34.3 Å². The van der Waals surface area contributed by atoms with Crippen molar-refractivity contribution in [3.8, 4) is 11.1 Å². The van der Waals surface area contributed by atoms with Crippen molar-refractivity contribution in [2.24, 2.45) is 45.5 Å². The molecule has 8 rings (SSSR count). The number of allylic oxidation sites excluding steroid dienone is 2. The van der Waals surface area contributed by atoms with Gasteiger partial charge in [0.2, 0.25) is 11.8 Å². The third-order valence-electron chi connectivity index (χ3n) is 13.0. The van der Waals surface area contributed by atoms with E-state index in [1.807, 2.05) is 38.1 Å². The quantitative estimate of drug-likeness (QED) is 0.188. The first-order valence-corrected chi connectivity index (χ1v) is 20.3. The van der Waals surface area contributed by atoms with E-state index in [0.29, 0.717) is 24.8 Å². The second kappa shape index (κ2) is 16.1. The van der Waals surface area contributed by atoms with Crippen molar-refractivity contribution in [2.75, 3.05) is 13.7 Å². The standard InChI is InChI=1S/C46H52N6O4/c1-27(2)37(23-42(53)56-4)46(55)52-19-5-6-41(52)38-21-35(24-49-38)31-11-7-29(8-12-31)30-9-13-32(14-10-30)36-22-39(50-25-36)43-33-15-16-34(20-33)44(43)45(54)51-28(3)40-26-47-17-18-48-40/h7-14,17-18,24-28,33-34,37,41,43-44H,5-6,15-16,19-23H2,1-4H3,(H,51,54)/t28-,33+,34-,37+,41+,43+,44-/m1/s1. The molecule has 2 amide bonds. The molecule has 10 heteroatoms. The number of likely N-dealkylation sites (tertiary alicyclic amines) is 1. The van der Waals surface area contributed by atoms with Crippen molar-refractivity contribution in [3.05, 3.63) is 96.3 Å². The van der Waals surface area contributed by atoms with Gasteiger partial charge >= 0.3 is 5.97 Å². The van der Waals surface area contributed by atoms with E-state index in [1.54, 1.807) is 18.6 Å². The molecule has 2 saturated carbocycles. The van der Waals surface area contributed by atoms with Gasteiger partial charge in [0.15, 0.2) is 0 Å². The molecule has 0 radical (unpaired) electrons. The number of carbonyl (C=O) groups is 3. The number of hydrogen-bond donors (Lipinski definition) is 1. The number of rotatable bonds is 12. The highest BCUT2D eigenvalue weighted by Crippen LogP contribution is 2.54. The van der Waals surface area contributed by atoms with Crippen LogP contribution in [0, 0.1) is 35.5 Å². The fraction of sp³-hybridized carbons (Fsp3) is 0.457. The first-order chi connectivity index (χ1) is 27.2. The van der Waals surface area contributed by atoms with Crippen LogP contribution in [0.4, 0.5) is 0 Å². The van der Waals surface area contributed by atoms with Crippen LogP contribution in [0.2, 0.25) is 0 Å². The molecule has 5 aliphatic rings. The minimum atomic E-state index is -0.398. The van der Waals surface area contributed by atoms with Gasteiger partial charge in [0.05, 0.1) is 43.4 Å². The summed E-state index contributed by atoms with van der Waals surface area (Å²) in [6.45, 7) is 6.64. The lowest BCUT2D eigenvalue weighted by Gasteiger charge is -2.31. The van der Waals surface area contributed by atoms with Crippen LogP contribution >= 0.6 is 0 Å². The van der Waals surface area contributed by atoms with Gasteiger partial charge in [-0.25, -0.2) is 0 Å². The molecule has 4 heterocycles. The Morgan fingerprint density at radius 2 is 1.45 bits per heavy atom. The molecular weight excluding hydrogens is 701 g/mol. The van der Waals surface area contributed by atoms with Gasteiger partial charge in [-0.2, -0.15) is 0 Å². The third kappa shape index (κ3) is 7.50. The predicted molar refractivity (Wildman–Crippen MR) is 218 cm³/mol. The summed E-state index contributed by atoms with van der Waals surface area (Å²) in [6, 6.07) is 17.1. The molecule has 0 spiro atoms. The van der Waals surface area contributed by atoms with Gasteiger partial charge in [0.1, 0.15) is 0 Å². The number of esters is 1. The monoisotopic (exact) mass is 752 g/mol. The summed E-state index contributed by atoms with van der Waals surface area (Å²) >= 11 is 0.